The number of benzene rings is 2. The van der Waals surface area contributed by atoms with Crippen molar-refractivity contribution in [1.82, 2.24) is 5.32 Å². The van der Waals surface area contributed by atoms with E-state index in [1.807, 2.05) is 62.4 Å². The third-order valence-electron chi connectivity index (χ3n) is 3.67. The van der Waals surface area contributed by atoms with Gasteiger partial charge in [0.1, 0.15) is 11.8 Å². The zero-order chi connectivity index (χ0) is 18.2. The van der Waals surface area contributed by atoms with Crippen LogP contribution in [0.2, 0.25) is 0 Å². The van der Waals surface area contributed by atoms with Crippen LogP contribution in [0.15, 0.2) is 48.5 Å². The Morgan fingerprint density at radius 3 is 2.28 bits per heavy atom. The smallest absolute Gasteiger partial charge is 0.328 e. The van der Waals surface area contributed by atoms with Crippen LogP contribution < -0.4 is 10.1 Å². The molecule has 132 valence electrons. The molecule has 0 spiro atoms. The van der Waals surface area contributed by atoms with Crippen molar-refractivity contribution in [3.8, 4) is 5.75 Å². The first-order chi connectivity index (χ1) is 12.0. The summed E-state index contributed by atoms with van der Waals surface area (Å²) in [6, 6.07) is 14.5. The van der Waals surface area contributed by atoms with Crippen molar-refractivity contribution in [3.63, 3.8) is 0 Å². The van der Waals surface area contributed by atoms with Crippen LogP contribution in [0, 0.1) is 13.8 Å². The molecule has 0 aromatic heterocycles. The van der Waals surface area contributed by atoms with Gasteiger partial charge in [-0.3, -0.25) is 4.79 Å². The van der Waals surface area contributed by atoms with Gasteiger partial charge in [0.05, 0.1) is 7.11 Å². The van der Waals surface area contributed by atoms with Crippen molar-refractivity contribution in [3.05, 3.63) is 65.2 Å². The first-order valence-electron chi connectivity index (χ1n) is 8.10. The lowest BCUT2D eigenvalue weighted by atomic mass is 10.1. The van der Waals surface area contributed by atoms with Gasteiger partial charge < -0.3 is 14.8 Å². The summed E-state index contributed by atoms with van der Waals surface area (Å²) in [5.74, 6) is -0.223. The third-order valence-corrected chi connectivity index (χ3v) is 3.67. The van der Waals surface area contributed by atoms with Crippen molar-refractivity contribution in [1.29, 1.82) is 0 Å². The van der Waals surface area contributed by atoms with Crippen LogP contribution in [-0.2, 0) is 20.7 Å². The van der Waals surface area contributed by atoms with E-state index in [0.29, 0.717) is 12.2 Å². The average Bonchev–Trinajstić information content (AvgIpc) is 2.59. The van der Waals surface area contributed by atoms with Crippen LogP contribution in [0.3, 0.4) is 0 Å². The van der Waals surface area contributed by atoms with Gasteiger partial charge in [0.25, 0.3) is 5.91 Å². The normalized spacial score (nSPS) is 11.5. The second kappa shape index (κ2) is 8.87. The van der Waals surface area contributed by atoms with Gasteiger partial charge >= 0.3 is 5.97 Å². The number of esters is 1. The van der Waals surface area contributed by atoms with E-state index < -0.39 is 12.0 Å². The van der Waals surface area contributed by atoms with Gasteiger partial charge in [0, 0.05) is 6.42 Å². The Balaban J connectivity index is 1.95. The molecular formula is C20H23NO4. The highest BCUT2D eigenvalue weighted by atomic mass is 16.5. The van der Waals surface area contributed by atoms with Crippen molar-refractivity contribution < 1.29 is 19.1 Å². The number of hydrogen-bond donors (Lipinski definition) is 1. The van der Waals surface area contributed by atoms with Crippen LogP contribution in [0.4, 0.5) is 0 Å². The molecule has 0 aliphatic carbocycles. The fourth-order valence-electron chi connectivity index (χ4n) is 2.59. The van der Waals surface area contributed by atoms with Gasteiger partial charge in [-0.05, 0) is 42.7 Å². The molecule has 1 unspecified atom stereocenters. The molecule has 2 rings (SSSR count). The summed E-state index contributed by atoms with van der Waals surface area (Å²) >= 11 is 0. The van der Waals surface area contributed by atoms with Gasteiger partial charge in [-0.2, -0.15) is 0 Å². The zero-order valence-electron chi connectivity index (χ0n) is 14.7. The maximum absolute atomic E-state index is 12.2. The predicted octanol–water partition coefficient (Wildman–Crippen LogP) is 2.58. The SMILES string of the molecule is COC(=O)C(Cc1ccccc1)NC(=O)COc1cc(C)cc(C)c1. The van der Waals surface area contributed by atoms with Crippen LogP contribution in [0.1, 0.15) is 16.7 Å². The Morgan fingerprint density at radius 2 is 1.68 bits per heavy atom. The second-order valence-corrected chi connectivity index (χ2v) is 5.95. The molecular weight excluding hydrogens is 318 g/mol. The number of carbonyl (C=O) groups is 2. The quantitative estimate of drug-likeness (QED) is 0.786. The molecule has 5 nitrogen and oxygen atoms in total. The monoisotopic (exact) mass is 341 g/mol. The number of amides is 1. The number of aryl methyl sites for hydroxylation is 2. The molecule has 0 saturated heterocycles. The van der Waals surface area contributed by atoms with E-state index in [2.05, 4.69) is 5.32 Å². The summed E-state index contributed by atoms with van der Waals surface area (Å²) < 4.78 is 10.3. The summed E-state index contributed by atoms with van der Waals surface area (Å²) in [5, 5.41) is 2.68. The van der Waals surface area contributed by atoms with Crippen molar-refractivity contribution in [2.24, 2.45) is 0 Å². The molecule has 0 radical (unpaired) electrons. The lowest BCUT2D eigenvalue weighted by molar-refractivity contribution is -0.145. The van der Waals surface area contributed by atoms with E-state index in [1.165, 1.54) is 7.11 Å². The number of methoxy groups -OCH3 is 1. The summed E-state index contributed by atoms with van der Waals surface area (Å²) in [4.78, 5) is 24.1. The molecule has 1 N–H and O–H groups in total. The van der Waals surface area contributed by atoms with Gasteiger partial charge in [0.2, 0.25) is 0 Å². The molecule has 0 bridgehead atoms. The van der Waals surface area contributed by atoms with Gasteiger partial charge in [-0.25, -0.2) is 4.79 Å². The van der Waals surface area contributed by atoms with Gasteiger partial charge in [-0.1, -0.05) is 36.4 Å². The lowest BCUT2D eigenvalue weighted by Crippen LogP contribution is -2.44. The molecule has 2 aromatic rings. The average molecular weight is 341 g/mol. The molecule has 0 saturated carbocycles. The fraction of sp³-hybridized carbons (Fsp3) is 0.300. The van der Waals surface area contributed by atoms with E-state index in [9.17, 15) is 9.59 Å². The Bertz CT molecular complexity index is 707. The van der Waals surface area contributed by atoms with E-state index in [-0.39, 0.29) is 12.5 Å². The molecule has 1 atom stereocenters. The van der Waals surface area contributed by atoms with Crippen molar-refractivity contribution in [2.75, 3.05) is 13.7 Å². The van der Waals surface area contributed by atoms with E-state index >= 15 is 0 Å². The Morgan fingerprint density at radius 1 is 1.04 bits per heavy atom. The van der Waals surface area contributed by atoms with E-state index in [4.69, 9.17) is 9.47 Å². The Hall–Kier alpha value is -2.82. The highest BCUT2D eigenvalue weighted by Crippen LogP contribution is 2.16. The number of carbonyl (C=O) groups excluding carboxylic acids is 2. The first kappa shape index (κ1) is 18.5. The summed E-state index contributed by atoms with van der Waals surface area (Å²) in [6.07, 6.45) is 0.364. The maximum atomic E-state index is 12.2. The lowest BCUT2D eigenvalue weighted by Gasteiger charge is -2.17. The Kier molecular flexibility index (Phi) is 6.57. The van der Waals surface area contributed by atoms with Crippen LogP contribution in [0.25, 0.3) is 0 Å². The summed E-state index contributed by atoms with van der Waals surface area (Å²) in [5.41, 5.74) is 3.06. The van der Waals surface area contributed by atoms with Crippen LogP contribution in [-0.4, -0.2) is 31.6 Å². The van der Waals surface area contributed by atoms with Crippen LogP contribution in [0.5, 0.6) is 5.75 Å². The predicted molar refractivity (Wildman–Crippen MR) is 95.5 cm³/mol. The third kappa shape index (κ3) is 5.95. The summed E-state index contributed by atoms with van der Waals surface area (Å²) in [6.45, 7) is 3.77. The summed E-state index contributed by atoms with van der Waals surface area (Å²) in [7, 11) is 1.30. The molecule has 2 aromatic carbocycles. The fourth-order valence-corrected chi connectivity index (χ4v) is 2.59. The number of nitrogens with one attached hydrogen (secondary N) is 1. The maximum Gasteiger partial charge on any atom is 0.328 e. The van der Waals surface area contributed by atoms with Crippen LogP contribution >= 0.6 is 0 Å². The minimum absolute atomic E-state index is 0.162. The second-order valence-electron chi connectivity index (χ2n) is 5.95. The largest absolute Gasteiger partial charge is 0.484 e. The van der Waals surface area contributed by atoms with Crippen molar-refractivity contribution in [2.45, 2.75) is 26.3 Å². The zero-order valence-corrected chi connectivity index (χ0v) is 14.7. The van der Waals surface area contributed by atoms with Crippen molar-refractivity contribution >= 4 is 11.9 Å². The number of rotatable bonds is 7. The minimum Gasteiger partial charge on any atom is -0.484 e. The Labute approximate surface area is 148 Å². The van der Waals surface area contributed by atoms with E-state index in [0.717, 1.165) is 16.7 Å². The van der Waals surface area contributed by atoms with Gasteiger partial charge in [0.15, 0.2) is 6.61 Å². The highest BCUT2D eigenvalue weighted by Gasteiger charge is 2.22. The standard InChI is InChI=1S/C20H23NO4/c1-14-9-15(2)11-17(10-14)25-13-19(22)21-18(20(23)24-3)12-16-7-5-4-6-8-16/h4-11,18H,12-13H2,1-3H3,(H,21,22). The molecule has 5 heteroatoms. The first-order valence-corrected chi connectivity index (χ1v) is 8.10. The molecule has 1 amide bonds. The molecule has 0 fully saturated rings. The highest BCUT2D eigenvalue weighted by molar-refractivity contribution is 5.85. The topological polar surface area (TPSA) is 64.6 Å². The number of hydrogen-bond acceptors (Lipinski definition) is 4. The molecule has 0 heterocycles. The van der Waals surface area contributed by atoms with Gasteiger partial charge in [-0.15, -0.1) is 0 Å². The minimum atomic E-state index is -0.747. The number of ether oxygens (including phenoxy) is 2. The van der Waals surface area contributed by atoms with E-state index in [1.54, 1.807) is 0 Å². The molecule has 25 heavy (non-hydrogen) atoms. The molecule has 0 aliphatic heterocycles. The molecule has 0 aliphatic rings.